The number of thioether (sulfide) groups is 1. The molecule has 2 saturated heterocycles. The lowest BCUT2D eigenvalue weighted by Crippen LogP contribution is -2.54. The van der Waals surface area contributed by atoms with Gasteiger partial charge in [0.2, 0.25) is 11.9 Å². The fourth-order valence-corrected chi connectivity index (χ4v) is 4.36. The molecule has 2 aromatic rings. The molecule has 25 heavy (non-hydrogen) atoms. The molecule has 0 radical (unpaired) electrons. The number of anilines is 1. The minimum atomic E-state index is -0.130. The van der Waals surface area contributed by atoms with Crippen LogP contribution in [0.2, 0.25) is 0 Å². The summed E-state index contributed by atoms with van der Waals surface area (Å²) < 4.78 is 0. The zero-order chi connectivity index (χ0) is 17.1. The highest BCUT2D eigenvalue weighted by atomic mass is 32.2. The summed E-state index contributed by atoms with van der Waals surface area (Å²) in [6, 6.07) is 5.65. The SMILES string of the molecule is O=C(C1CSC(c2cccnc2)N1)N1CCN(c2ncccn2)CC1. The first-order valence-electron chi connectivity index (χ1n) is 8.39. The summed E-state index contributed by atoms with van der Waals surface area (Å²) in [5, 5.41) is 3.58. The van der Waals surface area contributed by atoms with Crippen LogP contribution in [0.25, 0.3) is 0 Å². The van der Waals surface area contributed by atoms with Crippen LogP contribution in [0.5, 0.6) is 0 Å². The first-order chi connectivity index (χ1) is 12.3. The number of rotatable bonds is 3. The summed E-state index contributed by atoms with van der Waals surface area (Å²) in [6.07, 6.45) is 7.12. The highest BCUT2D eigenvalue weighted by Gasteiger charge is 2.34. The monoisotopic (exact) mass is 356 g/mol. The summed E-state index contributed by atoms with van der Waals surface area (Å²) in [4.78, 5) is 29.6. The zero-order valence-corrected chi connectivity index (χ0v) is 14.6. The molecule has 4 heterocycles. The Kier molecular flexibility index (Phi) is 4.80. The lowest BCUT2D eigenvalue weighted by Gasteiger charge is -2.35. The first kappa shape index (κ1) is 16.3. The van der Waals surface area contributed by atoms with Crippen molar-refractivity contribution >= 4 is 23.6 Å². The third kappa shape index (κ3) is 3.59. The second-order valence-corrected chi connectivity index (χ2v) is 7.22. The molecular weight excluding hydrogens is 336 g/mol. The molecule has 1 amide bonds. The van der Waals surface area contributed by atoms with Crippen molar-refractivity contribution in [3.8, 4) is 0 Å². The van der Waals surface area contributed by atoms with Crippen LogP contribution in [0.1, 0.15) is 10.9 Å². The maximum atomic E-state index is 12.8. The maximum Gasteiger partial charge on any atom is 0.240 e. The number of nitrogens with zero attached hydrogens (tertiary/aromatic N) is 5. The minimum absolute atomic E-state index is 0.130. The predicted octanol–water partition coefficient (Wildman–Crippen LogP) is 0.924. The molecule has 0 aliphatic carbocycles. The molecule has 7 nitrogen and oxygen atoms in total. The van der Waals surface area contributed by atoms with Crippen molar-refractivity contribution in [3.05, 3.63) is 48.5 Å². The Morgan fingerprint density at radius 3 is 2.64 bits per heavy atom. The van der Waals surface area contributed by atoms with E-state index >= 15 is 0 Å². The number of aromatic nitrogens is 3. The Morgan fingerprint density at radius 2 is 1.92 bits per heavy atom. The number of nitrogens with one attached hydrogen (secondary N) is 1. The summed E-state index contributed by atoms with van der Waals surface area (Å²) in [5.74, 6) is 1.72. The topological polar surface area (TPSA) is 74.2 Å². The zero-order valence-electron chi connectivity index (χ0n) is 13.8. The van der Waals surface area contributed by atoms with Crippen LogP contribution in [0.3, 0.4) is 0 Å². The maximum absolute atomic E-state index is 12.8. The molecule has 130 valence electrons. The first-order valence-corrected chi connectivity index (χ1v) is 9.44. The molecule has 8 heteroatoms. The number of carbonyl (C=O) groups is 1. The molecule has 2 fully saturated rings. The molecule has 4 rings (SSSR count). The van der Waals surface area contributed by atoms with Gasteiger partial charge in [0.1, 0.15) is 0 Å². The summed E-state index contributed by atoms with van der Waals surface area (Å²) >= 11 is 1.76. The lowest BCUT2D eigenvalue weighted by atomic mass is 10.2. The number of piperazine rings is 1. The van der Waals surface area contributed by atoms with Crippen molar-refractivity contribution in [2.45, 2.75) is 11.4 Å². The van der Waals surface area contributed by atoms with Gasteiger partial charge in [-0.25, -0.2) is 9.97 Å². The van der Waals surface area contributed by atoms with Gasteiger partial charge >= 0.3 is 0 Å². The van der Waals surface area contributed by atoms with Gasteiger partial charge in [0, 0.05) is 56.7 Å². The van der Waals surface area contributed by atoms with Crippen LogP contribution in [0, 0.1) is 0 Å². The predicted molar refractivity (Wildman–Crippen MR) is 97.2 cm³/mol. The highest BCUT2D eigenvalue weighted by molar-refractivity contribution is 7.99. The van der Waals surface area contributed by atoms with E-state index < -0.39 is 0 Å². The third-order valence-corrected chi connectivity index (χ3v) is 5.76. The molecule has 1 N–H and O–H groups in total. The van der Waals surface area contributed by atoms with E-state index in [4.69, 9.17) is 0 Å². The summed E-state index contributed by atoms with van der Waals surface area (Å²) in [7, 11) is 0. The quantitative estimate of drug-likeness (QED) is 0.877. The highest BCUT2D eigenvalue weighted by Crippen LogP contribution is 2.32. The molecule has 0 saturated carbocycles. The summed E-state index contributed by atoms with van der Waals surface area (Å²) in [6.45, 7) is 2.94. The van der Waals surface area contributed by atoms with Crippen LogP contribution in [-0.4, -0.2) is 63.7 Å². The van der Waals surface area contributed by atoms with E-state index in [1.54, 1.807) is 30.4 Å². The molecule has 0 spiro atoms. The fraction of sp³-hybridized carbons (Fsp3) is 0.412. The Balaban J connectivity index is 1.32. The van der Waals surface area contributed by atoms with Gasteiger partial charge in [-0.1, -0.05) is 6.07 Å². The van der Waals surface area contributed by atoms with Gasteiger partial charge in [-0.15, -0.1) is 11.8 Å². The molecular formula is C17H20N6OS. The van der Waals surface area contributed by atoms with Crippen molar-refractivity contribution in [1.82, 2.24) is 25.2 Å². The van der Waals surface area contributed by atoms with Gasteiger partial charge in [-0.3, -0.25) is 15.1 Å². The van der Waals surface area contributed by atoms with Crippen LogP contribution >= 0.6 is 11.8 Å². The second kappa shape index (κ2) is 7.37. The Hall–Kier alpha value is -2.19. The van der Waals surface area contributed by atoms with Gasteiger partial charge in [0.05, 0.1) is 11.4 Å². The average Bonchev–Trinajstić information content (AvgIpc) is 3.19. The van der Waals surface area contributed by atoms with Crippen molar-refractivity contribution in [3.63, 3.8) is 0 Å². The summed E-state index contributed by atoms with van der Waals surface area (Å²) in [5.41, 5.74) is 1.12. The Morgan fingerprint density at radius 1 is 1.12 bits per heavy atom. The van der Waals surface area contributed by atoms with Crippen LogP contribution < -0.4 is 10.2 Å². The van der Waals surface area contributed by atoms with Crippen LogP contribution in [-0.2, 0) is 4.79 Å². The van der Waals surface area contributed by atoms with E-state index in [9.17, 15) is 4.79 Å². The van der Waals surface area contributed by atoms with Crippen LogP contribution in [0.15, 0.2) is 43.0 Å². The lowest BCUT2D eigenvalue weighted by molar-refractivity contribution is -0.133. The Labute approximate surface area is 150 Å². The second-order valence-electron chi connectivity index (χ2n) is 6.08. The van der Waals surface area contributed by atoms with E-state index in [0.29, 0.717) is 13.1 Å². The molecule has 2 aliphatic rings. The molecule has 0 bridgehead atoms. The van der Waals surface area contributed by atoms with Gasteiger partial charge in [-0.05, 0) is 17.7 Å². The van der Waals surface area contributed by atoms with Crippen molar-refractivity contribution < 1.29 is 4.79 Å². The van der Waals surface area contributed by atoms with Crippen molar-refractivity contribution in [2.75, 3.05) is 36.8 Å². The molecule has 2 aromatic heterocycles. The number of hydrogen-bond acceptors (Lipinski definition) is 7. The molecule has 2 unspecified atom stereocenters. The van der Waals surface area contributed by atoms with E-state index in [0.717, 1.165) is 30.4 Å². The number of hydrogen-bond donors (Lipinski definition) is 1. The third-order valence-electron chi connectivity index (χ3n) is 4.49. The van der Waals surface area contributed by atoms with Gasteiger partial charge < -0.3 is 9.80 Å². The average molecular weight is 356 g/mol. The number of amides is 1. The van der Waals surface area contributed by atoms with Gasteiger partial charge in [0.25, 0.3) is 0 Å². The van der Waals surface area contributed by atoms with E-state index in [-0.39, 0.29) is 17.3 Å². The normalized spacial score (nSPS) is 23.7. The van der Waals surface area contributed by atoms with Crippen LogP contribution in [0.4, 0.5) is 5.95 Å². The number of carbonyl (C=O) groups excluding carboxylic acids is 1. The molecule has 2 aliphatic heterocycles. The molecule has 2 atom stereocenters. The van der Waals surface area contributed by atoms with E-state index in [1.807, 2.05) is 29.3 Å². The van der Waals surface area contributed by atoms with E-state index in [1.165, 1.54) is 0 Å². The Bertz CT molecular complexity index is 708. The van der Waals surface area contributed by atoms with Gasteiger partial charge in [-0.2, -0.15) is 0 Å². The fourth-order valence-electron chi connectivity index (χ4n) is 3.14. The largest absolute Gasteiger partial charge is 0.338 e. The van der Waals surface area contributed by atoms with Crippen molar-refractivity contribution in [2.24, 2.45) is 0 Å². The van der Waals surface area contributed by atoms with E-state index in [2.05, 4.69) is 25.2 Å². The number of pyridine rings is 1. The van der Waals surface area contributed by atoms with Crippen molar-refractivity contribution in [1.29, 1.82) is 0 Å². The minimum Gasteiger partial charge on any atom is -0.338 e. The standard InChI is InChI=1S/C17H20N6OS/c24-16(14-12-25-15(21-14)13-3-1-4-18-11-13)22-7-9-23(10-8-22)17-19-5-2-6-20-17/h1-6,11,14-15,21H,7-10,12H2. The molecule has 0 aromatic carbocycles. The van der Waals surface area contributed by atoms with Gasteiger partial charge in [0.15, 0.2) is 0 Å². The smallest absolute Gasteiger partial charge is 0.240 e.